The van der Waals surface area contributed by atoms with Gasteiger partial charge in [-0.15, -0.1) is 24.8 Å². The van der Waals surface area contributed by atoms with Crippen molar-refractivity contribution in [2.75, 3.05) is 29.4 Å². The number of para-hydroxylation sites is 2. The summed E-state index contributed by atoms with van der Waals surface area (Å²) in [5, 5.41) is 0. The van der Waals surface area contributed by atoms with Crippen molar-refractivity contribution in [2.45, 2.75) is 38.6 Å². The fraction of sp³-hybridized carbons (Fsp3) is 0.588. The van der Waals surface area contributed by atoms with Crippen LogP contribution in [0.25, 0.3) is 0 Å². The highest BCUT2D eigenvalue weighted by molar-refractivity contribution is 5.98. The van der Waals surface area contributed by atoms with E-state index in [-0.39, 0.29) is 36.8 Å². The van der Waals surface area contributed by atoms with Crippen LogP contribution in [0.3, 0.4) is 0 Å². The van der Waals surface area contributed by atoms with Crippen molar-refractivity contribution in [1.82, 2.24) is 0 Å². The number of hydrogen-bond acceptors (Lipinski definition) is 3. The van der Waals surface area contributed by atoms with Crippen molar-refractivity contribution in [3.05, 3.63) is 24.3 Å². The number of anilines is 2. The maximum Gasteiger partial charge on any atom is 0.227 e. The number of benzene rings is 1. The van der Waals surface area contributed by atoms with Gasteiger partial charge in [0, 0.05) is 32.1 Å². The van der Waals surface area contributed by atoms with Gasteiger partial charge in [0.2, 0.25) is 5.91 Å². The van der Waals surface area contributed by atoms with Gasteiger partial charge in [-0.2, -0.15) is 0 Å². The molecule has 0 unspecified atom stereocenters. The lowest BCUT2D eigenvalue weighted by Gasteiger charge is -2.37. The summed E-state index contributed by atoms with van der Waals surface area (Å²) >= 11 is 0. The molecule has 0 aromatic heterocycles. The molecule has 0 spiro atoms. The molecule has 1 aliphatic carbocycles. The van der Waals surface area contributed by atoms with Crippen molar-refractivity contribution >= 4 is 42.1 Å². The number of likely N-dealkylation sites (N-methyl/N-ethyl adjacent to an activating group) is 1. The molecule has 1 fully saturated rings. The molecular formula is C17H27Cl2N3O. The van der Waals surface area contributed by atoms with Crippen LogP contribution in [0.2, 0.25) is 0 Å². The Morgan fingerprint density at radius 1 is 1.17 bits per heavy atom. The van der Waals surface area contributed by atoms with Crippen LogP contribution in [0.5, 0.6) is 0 Å². The van der Waals surface area contributed by atoms with E-state index in [1.165, 1.54) is 12.1 Å². The summed E-state index contributed by atoms with van der Waals surface area (Å²) in [7, 11) is 0. The molecule has 2 N–H and O–H groups in total. The second kappa shape index (κ2) is 8.76. The highest BCUT2D eigenvalue weighted by Gasteiger charge is 2.31. The third-order valence-corrected chi connectivity index (χ3v) is 4.94. The fourth-order valence-corrected chi connectivity index (χ4v) is 3.66. The lowest BCUT2D eigenvalue weighted by Crippen LogP contribution is -2.45. The van der Waals surface area contributed by atoms with E-state index >= 15 is 0 Å². The summed E-state index contributed by atoms with van der Waals surface area (Å²) in [5.74, 6) is 0.606. The van der Waals surface area contributed by atoms with Crippen LogP contribution in [0.1, 0.15) is 32.6 Å². The standard InChI is InChI=1S/C17H25N3O.2ClH/c1-2-19-10-11-20(16-9-4-3-8-15(16)19)17(21)12-13-6-5-7-14(13)18;;/h3-4,8-9,13-14H,2,5-7,10-12,18H2,1H3;2*1H/t13-,14+;;/m0../s1. The molecule has 2 atom stereocenters. The van der Waals surface area contributed by atoms with Crippen LogP contribution < -0.4 is 15.5 Å². The first-order valence-corrected chi connectivity index (χ1v) is 8.10. The van der Waals surface area contributed by atoms with Gasteiger partial charge >= 0.3 is 0 Å². The largest absolute Gasteiger partial charge is 0.368 e. The highest BCUT2D eigenvalue weighted by Crippen LogP contribution is 2.34. The number of amides is 1. The molecule has 6 heteroatoms. The number of halogens is 2. The maximum atomic E-state index is 12.7. The van der Waals surface area contributed by atoms with Crippen molar-refractivity contribution in [3.63, 3.8) is 0 Å². The van der Waals surface area contributed by atoms with Crippen molar-refractivity contribution < 1.29 is 4.79 Å². The van der Waals surface area contributed by atoms with Gasteiger partial charge in [0.15, 0.2) is 0 Å². The number of nitrogens with two attached hydrogens (primary N) is 1. The molecule has 130 valence electrons. The molecule has 2 aliphatic rings. The fourth-order valence-electron chi connectivity index (χ4n) is 3.66. The molecule has 0 bridgehead atoms. The van der Waals surface area contributed by atoms with Crippen LogP contribution in [0.15, 0.2) is 24.3 Å². The maximum absolute atomic E-state index is 12.7. The zero-order chi connectivity index (χ0) is 14.8. The van der Waals surface area contributed by atoms with Crippen LogP contribution in [0, 0.1) is 5.92 Å². The van der Waals surface area contributed by atoms with E-state index in [9.17, 15) is 4.79 Å². The van der Waals surface area contributed by atoms with Crippen LogP contribution in [-0.2, 0) is 4.79 Å². The van der Waals surface area contributed by atoms with E-state index in [0.29, 0.717) is 12.3 Å². The SMILES string of the molecule is CCN1CCN(C(=O)C[C@@H]2CCC[C@H]2N)c2ccccc21.Cl.Cl. The summed E-state index contributed by atoms with van der Waals surface area (Å²) in [6.07, 6.45) is 3.93. The average Bonchev–Trinajstić information content (AvgIpc) is 2.91. The summed E-state index contributed by atoms with van der Waals surface area (Å²) in [6, 6.07) is 8.44. The zero-order valence-corrected chi connectivity index (χ0v) is 15.2. The zero-order valence-electron chi connectivity index (χ0n) is 13.6. The number of nitrogens with zero attached hydrogens (tertiary/aromatic N) is 2. The first-order chi connectivity index (χ1) is 10.2. The normalized spacial score (nSPS) is 22.9. The quantitative estimate of drug-likeness (QED) is 0.901. The predicted molar refractivity (Wildman–Crippen MR) is 101 cm³/mol. The molecule has 4 nitrogen and oxygen atoms in total. The molecule has 1 heterocycles. The molecule has 1 aromatic rings. The second-order valence-corrected chi connectivity index (χ2v) is 6.17. The smallest absolute Gasteiger partial charge is 0.227 e. The molecule has 1 amide bonds. The van der Waals surface area contributed by atoms with Gasteiger partial charge in [0.1, 0.15) is 0 Å². The first-order valence-electron chi connectivity index (χ1n) is 8.10. The van der Waals surface area contributed by atoms with Gasteiger partial charge < -0.3 is 15.5 Å². The Balaban J connectivity index is 0.00000132. The molecule has 0 saturated heterocycles. The Bertz CT molecular complexity index is 526. The van der Waals surface area contributed by atoms with Crippen LogP contribution in [0.4, 0.5) is 11.4 Å². The van der Waals surface area contributed by atoms with Crippen LogP contribution >= 0.6 is 24.8 Å². The van der Waals surface area contributed by atoms with Crippen molar-refractivity contribution in [3.8, 4) is 0 Å². The minimum Gasteiger partial charge on any atom is -0.368 e. The Hall–Kier alpha value is -0.970. The second-order valence-electron chi connectivity index (χ2n) is 6.17. The van der Waals surface area contributed by atoms with Crippen molar-refractivity contribution in [2.24, 2.45) is 11.7 Å². The summed E-state index contributed by atoms with van der Waals surface area (Å²) in [4.78, 5) is 17.0. The van der Waals surface area contributed by atoms with E-state index in [1.807, 2.05) is 17.0 Å². The van der Waals surface area contributed by atoms with Gasteiger partial charge in [-0.05, 0) is 37.8 Å². The molecular weight excluding hydrogens is 333 g/mol. The van der Waals surface area contributed by atoms with Gasteiger partial charge in [0.25, 0.3) is 0 Å². The molecule has 23 heavy (non-hydrogen) atoms. The summed E-state index contributed by atoms with van der Waals surface area (Å²) in [5.41, 5.74) is 8.35. The topological polar surface area (TPSA) is 49.6 Å². The average molecular weight is 360 g/mol. The van der Waals surface area contributed by atoms with E-state index in [1.54, 1.807) is 0 Å². The Kier molecular flexibility index (Phi) is 7.65. The van der Waals surface area contributed by atoms with E-state index in [4.69, 9.17) is 5.73 Å². The Morgan fingerprint density at radius 2 is 1.87 bits per heavy atom. The number of carbonyl (C=O) groups excluding carboxylic acids is 1. The number of fused-ring (bicyclic) bond motifs is 1. The van der Waals surface area contributed by atoms with E-state index in [2.05, 4.69) is 24.0 Å². The molecule has 0 radical (unpaired) electrons. The van der Waals surface area contributed by atoms with E-state index < -0.39 is 0 Å². The third kappa shape index (κ3) is 4.11. The van der Waals surface area contributed by atoms with Crippen molar-refractivity contribution in [1.29, 1.82) is 0 Å². The molecule has 3 rings (SSSR count). The van der Waals surface area contributed by atoms with Gasteiger partial charge in [-0.25, -0.2) is 0 Å². The Morgan fingerprint density at radius 3 is 2.48 bits per heavy atom. The minimum atomic E-state index is 0. The summed E-state index contributed by atoms with van der Waals surface area (Å²) < 4.78 is 0. The number of carbonyl (C=O) groups is 1. The lowest BCUT2D eigenvalue weighted by molar-refractivity contribution is -0.119. The number of rotatable bonds is 3. The number of hydrogen-bond donors (Lipinski definition) is 1. The Labute approximate surface area is 151 Å². The third-order valence-electron chi connectivity index (χ3n) is 4.94. The molecule has 1 aliphatic heterocycles. The minimum absolute atomic E-state index is 0. The summed E-state index contributed by atoms with van der Waals surface area (Å²) in [6.45, 7) is 4.83. The lowest BCUT2D eigenvalue weighted by atomic mass is 9.99. The van der Waals surface area contributed by atoms with Crippen LogP contribution in [-0.4, -0.2) is 31.6 Å². The van der Waals surface area contributed by atoms with Gasteiger partial charge in [0.05, 0.1) is 11.4 Å². The molecule has 1 saturated carbocycles. The monoisotopic (exact) mass is 359 g/mol. The first kappa shape index (κ1) is 20.1. The van der Waals surface area contributed by atoms with E-state index in [0.717, 1.165) is 38.2 Å². The van der Waals surface area contributed by atoms with Gasteiger partial charge in [-0.1, -0.05) is 18.6 Å². The highest BCUT2D eigenvalue weighted by atomic mass is 35.5. The van der Waals surface area contributed by atoms with Gasteiger partial charge in [-0.3, -0.25) is 4.79 Å². The predicted octanol–water partition coefficient (Wildman–Crippen LogP) is 3.22. The molecule has 1 aromatic carbocycles.